The van der Waals surface area contributed by atoms with Gasteiger partial charge in [0.05, 0.1) is 6.42 Å². The Morgan fingerprint density at radius 2 is 1.88 bits per heavy atom. The Morgan fingerprint density at radius 1 is 1.06 bits per heavy atom. The molecule has 0 radical (unpaired) electrons. The summed E-state index contributed by atoms with van der Waals surface area (Å²) in [6, 6.07) is 0. The molecule has 88 valence electrons. The lowest BCUT2D eigenvalue weighted by molar-refractivity contribution is -0.145. The normalized spacial score (nSPS) is 32.1. The van der Waals surface area contributed by atoms with Crippen molar-refractivity contribution in [2.75, 3.05) is 13.1 Å². The van der Waals surface area contributed by atoms with E-state index in [2.05, 4.69) is 10.6 Å². The molecule has 2 aliphatic heterocycles. The number of piperidine rings is 1. The number of carbonyl (C=O) groups excluding carboxylic acids is 3. The molecule has 0 bridgehead atoms. The van der Waals surface area contributed by atoms with Crippen LogP contribution in [0.1, 0.15) is 25.7 Å². The van der Waals surface area contributed by atoms with Gasteiger partial charge in [0.2, 0.25) is 11.8 Å². The average molecular weight is 224 g/mol. The number of carbonyl (C=O) groups is 3. The number of hydrogen-bond acceptors (Lipinski definition) is 4. The first kappa shape index (κ1) is 11.3. The van der Waals surface area contributed by atoms with E-state index in [4.69, 9.17) is 0 Å². The highest BCUT2D eigenvalue weighted by Gasteiger charge is 2.39. The van der Waals surface area contributed by atoms with Crippen LogP contribution in [0.4, 0.5) is 0 Å². The third-order valence-electron chi connectivity index (χ3n) is 3.32. The second-order valence-corrected chi connectivity index (χ2v) is 4.47. The average Bonchev–Trinajstić information content (AvgIpc) is 2.44. The van der Waals surface area contributed by atoms with Gasteiger partial charge in [-0.2, -0.15) is 0 Å². The Hall–Kier alpha value is -1.23. The standard InChI is InChI=1S/C11H16N2O3/c14-8-6-9(15)13-11(16)10(8)7-2-1-4-12-5-3-7/h7,10,12H,1-6H2,(H,13,15,16). The summed E-state index contributed by atoms with van der Waals surface area (Å²) < 4.78 is 0. The molecule has 2 N–H and O–H groups in total. The molecular formula is C11H16N2O3. The van der Waals surface area contributed by atoms with E-state index in [0.717, 1.165) is 32.4 Å². The lowest BCUT2D eigenvalue weighted by Gasteiger charge is -2.26. The van der Waals surface area contributed by atoms with Gasteiger partial charge < -0.3 is 5.32 Å². The summed E-state index contributed by atoms with van der Waals surface area (Å²) in [5.74, 6) is -1.57. The molecule has 2 rings (SSSR count). The zero-order chi connectivity index (χ0) is 11.5. The Morgan fingerprint density at radius 3 is 2.62 bits per heavy atom. The zero-order valence-corrected chi connectivity index (χ0v) is 9.12. The number of rotatable bonds is 1. The third kappa shape index (κ3) is 2.29. The summed E-state index contributed by atoms with van der Waals surface area (Å²) >= 11 is 0. The van der Waals surface area contributed by atoms with E-state index < -0.39 is 17.7 Å². The van der Waals surface area contributed by atoms with E-state index in [1.54, 1.807) is 0 Å². The van der Waals surface area contributed by atoms with Gasteiger partial charge in [-0.1, -0.05) is 0 Å². The fourth-order valence-corrected chi connectivity index (χ4v) is 2.53. The van der Waals surface area contributed by atoms with Crippen molar-refractivity contribution in [3.63, 3.8) is 0 Å². The number of imide groups is 1. The molecule has 2 saturated heterocycles. The van der Waals surface area contributed by atoms with Crippen LogP contribution in [-0.2, 0) is 14.4 Å². The van der Waals surface area contributed by atoms with E-state index in [0.29, 0.717) is 0 Å². The number of ketones is 1. The molecule has 2 amide bonds. The van der Waals surface area contributed by atoms with Crippen molar-refractivity contribution in [3.05, 3.63) is 0 Å². The largest absolute Gasteiger partial charge is 0.317 e. The highest BCUT2D eigenvalue weighted by atomic mass is 16.2. The zero-order valence-electron chi connectivity index (χ0n) is 9.12. The van der Waals surface area contributed by atoms with Gasteiger partial charge in [-0.3, -0.25) is 19.7 Å². The summed E-state index contributed by atoms with van der Waals surface area (Å²) in [5.41, 5.74) is 0. The predicted octanol–water partition coefficient (Wildman–Crippen LogP) is -0.392. The van der Waals surface area contributed by atoms with Crippen LogP contribution in [0.25, 0.3) is 0 Å². The monoisotopic (exact) mass is 224 g/mol. The van der Waals surface area contributed by atoms with Crippen molar-refractivity contribution < 1.29 is 14.4 Å². The first-order chi connectivity index (χ1) is 7.68. The first-order valence-corrected chi connectivity index (χ1v) is 5.75. The van der Waals surface area contributed by atoms with Crippen molar-refractivity contribution >= 4 is 17.6 Å². The van der Waals surface area contributed by atoms with Gasteiger partial charge in [0, 0.05) is 0 Å². The van der Waals surface area contributed by atoms with Crippen molar-refractivity contribution in [1.29, 1.82) is 0 Å². The van der Waals surface area contributed by atoms with E-state index in [-0.39, 0.29) is 18.1 Å². The quantitative estimate of drug-likeness (QED) is 0.470. The molecule has 5 nitrogen and oxygen atoms in total. The maximum atomic E-state index is 11.7. The molecular weight excluding hydrogens is 208 g/mol. The molecule has 2 heterocycles. The second-order valence-electron chi connectivity index (χ2n) is 4.47. The molecule has 0 saturated carbocycles. The topological polar surface area (TPSA) is 75.3 Å². The smallest absolute Gasteiger partial charge is 0.237 e. The lowest BCUT2D eigenvalue weighted by Crippen LogP contribution is -2.49. The Labute approximate surface area is 94.0 Å². The van der Waals surface area contributed by atoms with Crippen molar-refractivity contribution in [2.45, 2.75) is 25.7 Å². The van der Waals surface area contributed by atoms with E-state index >= 15 is 0 Å². The molecule has 0 aliphatic carbocycles. The molecule has 0 aromatic rings. The van der Waals surface area contributed by atoms with Gasteiger partial charge in [-0.25, -0.2) is 0 Å². The van der Waals surface area contributed by atoms with Gasteiger partial charge in [-0.05, 0) is 38.3 Å². The van der Waals surface area contributed by atoms with Gasteiger partial charge in [0.15, 0.2) is 5.78 Å². The Kier molecular flexibility index (Phi) is 3.33. The van der Waals surface area contributed by atoms with Crippen LogP contribution in [0.15, 0.2) is 0 Å². The molecule has 2 atom stereocenters. The fraction of sp³-hybridized carbons (Fsp3) is 0.727. The maximum Gasteiger partial charge on any atom is 0.237 e. The highest BCUT2D eigenvalue weighted by Crippen LogP contribution is 2.26. The van der Waals surface area contributed by atoms with Crippen LogP contribution in [0.2, 0.25) is 0 Å². The number of amides is 2. The summed E-state index contributed by atoms with van der Waals surface area (Å²) in [6.07, 6.45) is 2.55. The third-order valence-corrected chi connectivity index (χ3v) is 3.32. The molecule has 5 heteroatoms. The number of nitrogens with one attached hydrogen (secondary N) is 2. The molecule has 0 aromatic carbocycles. The van der Waals surface area contributed by atoms with Crippen molar-refractivity contribution in [2.24, 2.45) is 11.8 Å². The first-order valence-electron chi connectivity index (χ1n) is 5.75. The number of Topliss-reactive ketones (excluding diaryl/α,β-unsaturated/α-hetero) is 1. The maximum absolute atomic E-state index is 11.7. The molecule has 16 heavy (non-hydrogen) atoms. The molecule has 2 aliphatic rings. The van der Waals surface area contributed by atoms with Crippen LogP contribution in [-0.4, -0.2) is 30.7 Å². The summed E-state index contributed by atoms with van der Waals surface area (Å²) in [6.45, 7) is 1.79. The van der Waals surface area contributed by atoms with Gasteiger partial charge in [0.25, 0.3) is 0 Å². The fourth-order valence-electron chi connectivity index (χ4n) is 2.53. The lowest BCUT2D eigenvalue weighted by atomic mass is 9.80. The van der Waals surface area contributed by atoms with E-state index in [1.807, 2.05) is 0 Å². The summed E-state index contributed by atoms with van der Waals surface area (Å²) in [5, 5.41) is 5.50. The van der Waals surface area contributed by atoms with Crippen LogP contribution in [0.5, 0.6) is 0 Å². The van der Waals surface area contributed by atoms with E-state index in [1.165, 1.54) is 0 Å². The predicted molar refractivity (Wildman–Crippen MR) is 56.5 cm³/mol. The minimum Gasteiger partial charge on any atom is -0.317 e. The Bertz CT molecular complexity index is 299. The van der Waals surface area contributed by atoms with Crippen LogP contribution in [0.3, 0.4) is 0 Å². The van der Waals surface area contributed by atoms with E-state index in [9.17, 15) is 14.4 Å². The molecule has 2 fully saturated rings. The van der Waals surface area contributed by atoms with Crippen molar-refractivity contribution in [1.82, 2.24) is 10.6 Å². The molecule has 0 spiro atoms. The summed E-state index contributed by atoms with van der Waals surface area (Å²) in [4.78, 5) is 34.4. The minimum absolute atomic E-state index is 0.0931. The van der Waals surface area contributed by atoms with Gasteiger partial charge >= 0.3 is 0 Å². The van der Waals surface area contributed by atoms with Gasteiger partial charge in [0.1, 0.15) is 5.92 Å². The molecule has 2 unspecified atom stereocenters. The SMILES string of the molecule is O=C1CC(=O)C(C2CCCNCC2)C(=O)N1. The van der Waals surface area contributed by atoms with Gasteiger partial charge in [-0.15, -0.1) is 0 Å². The highest BCUT2D eigenvalue weighted by molar-refractivity contribution is 6.18. The summed E-state index contributed by atoms with van der Waals surface area (Å²) in [7, 11) is 0. The van der Waals surface area contributed by atoms with Crippen LogP contribution in [0, 0.1) is 11.8 Å². The minimum atomic E-state index is -0.599. The van der Waals surface area contributed by atoms with Crippen LogP contribution >= 0.6 is 0 Å². The Balaban J connectivity index is 2.08. The van der Waals surface area contributed by atoms with Crippen molar-refractivity contribution in [3.8, 4) is 0 Å². The van der Waals surface area contributed by atoms with Crippen LogP contribution < -0.4 is 10.6 Å². The number of hydrogen-bond donors (Lipinski definition) is 2. The molecule has 0 aromatic heterocycles. The second kappa shape index (κ2) is 4.74.